The largest absolute Gasteiger partial charge is 0.368 e. The van der Waals surface area contributed by atoms with Crippen molar-refractivity contribution in [2.75, 3.05) is 5.32 Å². The molecule has 2 heterocycles. The number of nitrogens with zero attached hydrogens (tertiary/aromatic N) is 2. The van der Waals surface area contributed by atoms with Crippen molar-refractivity contribution < 1.29 is 0 Å². The van der Waals surface area contributed by atoms with Gasteiger partial charge in [-0.15, -0.1) is 0 Å². The van der Waals surface area contributed by atoms with E-state index in [-0.39, 0.29) is 0 Å². The molecule has 0 aliphatic heterocycles. The van der Waals surface area contributed by atoms with Crippen LogP contribution in [-0.2, 0) is 0 Å². The number of aromatic nitrogens is 2. The maximum Gasteiger partial charge on any atom is 0.138 e. The standard InChI is InChI=1S/C13H19N3/c1-3-6-11(4-2)15-13-8-5-7-12-14-9-10-16(12)13/h5,7-11,15H,3-4,6H2,1-2H3. The zero-order valence-corrected chi connectivity index (χ0v) is 9.98. The summed E-state index contributed by atoms with van der Waals surface area (Å²) in [6.45, 7) is 4.45. The van der Waals surface area contributed by atoms with E-state index in [1.807, 2.05) is 24.5 Å². The van der Waals surface area contributed by atoms with Gasteiger partial charge in [-0.1, -0.05) is 26.3 Å². The second-order valence-corrected chi connectivity index (χ2v) is 4.10. The Balaban J connectivity index is 2.22. The van der Waals surface area contributed by atoms with E-state index >= 15 is 0 Å². The van der Waals surface area contributed by atoms with Crippen molar-refractivity contribution in [1.29, 1.82) is 0 Å². The number of hydrogen-bond acceptors (Lipinski definition) is 2. The van der Waals surface area contributed by atoms with Crippen molar-refractivity contribution in [3.63, 3.8) is 0 Å². The van der Waals surface area contributed by atoms with Gasteiger partial charge in [0.05, 0.1) is 0 Å². The summed E-state index contributed by atoms with van der Waals surface area (Å²) in [5, 5.41) is 3.58. The van der Waals surface area contributed by atoms with E-state index in [4.69, 9.17) is 0 Å². The summed E-state index contributed by atoms with van der Waals surface area (Å²) in [5.74, 6) is 1.13. The number of anilines is 1. The Morgan fingerprint density at radius 1 is 1.38 bits per heavy atom. The van der Waals surface area contributed by atoms with E-state index in [9.17, 15) is 0 Å². The monoisotopic (exact) mass is 217 g/mol. The van der Waals surface area contributed by atoms with Gasteiger partial charge in [0.25, 0.3) is 0 Å². The van der Waals surface area contributed by atoms with Gasteiger partial charge in [0.15, 0.2) is 0 Å². The van der Waals surface area contributed by atoms with E-state index < -0.39 is 0 Å². The smallest absolute Gasteiger partial charge is 0.138 e. The van der Waals surface area contributed by atoms with Crippen LogP contribution in [0.15, 0.2) is 30.6 Å². The molecule has 0 aliphatic rings. The lowest BCUT2D eigenvalue weighted by atomic mass is 10.1. The zero-order valence-electron chi connectivity index (χ0n) is 9.98. The Labute approximate surface area is 96.5 Å². The van der Waals surface area contributed by atoms with Crippen molar-refractivity contribution in [1.82, 2.24) is 9.38 Å². The lowest BCUT2D eigenvalue weighted by Crippen LogP contribution is -2.19. The lowest BCUT2D eigenvalue weighted by molar-refractivity contribution is 0.619. The molecule has 0 saturated heterocycles. The molecular weight excluding hydrogens is 198 g/mol. The molecule has 16 heavy (non-hydrogen) atoms. The van der Waals surface area contributed by atoms with Gasteiger partial charge in [-0.25, -0.2) is 4.98 Å². The summed E-state index contributed by atoms with van der Waals surface area (Å²) in [6.07, 6.45) is 7.41. The maximum atomic E-state index is 4.28. The van der Waals surface area contributed by atoms with Crippen LogP contribution in [0.25, 0.3) is 5.65 Å². The fourth-order valence-corrected chi connectivity index (χ4v) is 2.00. The average molecular weight is 217 g/mol. The number of imidazole rings is 1. The molecule has 0 saturated carbocycles. The number of nitrogens with one attached hydrogen (secondary N) is 1. The second kappa shape index (κ2) is 5.01. The molecule has 0 aromatic carbocycles. The van der Waals surface area contributed by atoms with Crippen LogP contribution in [0.2, 0.25) is 0 Å². The van der Waals surface area contributed by atoms with Gasteiger partial charge in [0, 0.05) is 18.4 Å². The van der Waals surface area contributed by atoms with Gasteiger partial charge in [-0.2, -0.15) is 0 Å². The van der Waals surface area contributed by atoms with Crippen molar-refractivity contribution >= 4 is 11.5 Å². The third kappa shape index (κ3) is 2.18. The number of hydrogen-bond donors (Lipinski definition) is 1. The molecule has 1 unspecified atom stereocenters. The SMILES string of the molecule is CCCC(CC)Nc1cccc2nccn12. The molecule has 86 valence electrons. The molecule has 1 N–H and O–H groups in total. The van der Waals surface area contributed by atoms with E-state index in [1.54, 1.807) is 0 Å². The van der Waals surface area contributed by atoms with Gasteiger partial charge in [0.2, 0.25) is 0 Å². The Kier molecular flexibility index (Phi) is 3.44. The minimum Gasteiger partial charge on any atom is -0.368 e. The normalized spacial score (nSPS) is 12.9. The topological polar surface area (TPSA) is 29.3 Å². The van der Waals surface area contributed by atoms with Gasteiger partial charge in [-0.3, -0.25) is 4.40 Å². The van der Waals surface area contributed by atoms with Crippen LogP contribution in [-0.4, -0.2) is 15.4 Å². The first-order chi connectivity index (χ1) is 7.85. The van der Waals surface area contributed by atoms with Gasteiger partial charge in [-0.05, 0) is 25.0 Å². The fraction of sp³-hybridized carbons (Fsp3) is 0.462. The minimum absolute atomic E-state index is 0.554. The van der Waals surface area contributed by atoms with Gasteiger partial charge >= 0.3 is 0 Å². The third-order valence-corrected chi connectivity index (χ3v) is 2.91. The molecule has 0 amide bonds. The van der Waals surface area contributed by atoms with Gasteiger partial charge in [0.1, 0.15) is 11.5 Å². The summed E-state index contributed by atoms with van der Waals surface area (Å²) < 4.78 is 2.10. The number of fused-ring (bicyclic) bond motifs is 1. The van der Waals surface area contributed by atoms with Crippen molar-refractivity contribution in [2.45, 2.75) is 39.2 Å². The quantitative estimate of drug-likeness (QED) is 0.832. The molecule has 0 spiro atoms. The molecular formula is C13H19N3. The van der Waals surface area contributed by atoms with Crippen LogP contribution in [0.5, 0.6) is 0 Å². The zero-order chi connectivity index (χ0) is 11.4. The maximum absolute atomic E-state index is 4.28. The van der Waals surface area contributed by atoms with Crippen LogP contribution < -0.4 is 5.32 Å². The van der Waals surface area contributed by atoms with E-state index in [0.29, 0.717) is 6.04 Å². The molecule has 2 rings (SSSR count). The van der Waals surface area contributed by atoms with Crippen molar-refractivity contribution in [3.8, 4) is 0 Å². The molecule has 0 bridgehead atoms. The number of rotatable bonds is 5. The third-order valence-electron chi connectivity index (χ3n) is 2.91. The summed E-state index contributed by atoms with van der Waals surface area (Å²) in [7, 11) is 0. The molecule has 3 heteroatoms. The Bertz CT molecular complexity index is 447. The highest BCUT2D eigenvalue weighted by Gasteiger charge is 2.06. The molecule has 0 aliphatic carbocycles. The van der Waals surface area contributed by atoms with Crippen LogP contribution in [0.1, 0.15) is 33.1 Å². The highest BCUT2D eigenvalue weighted by atomic mass is 15.1. The highest BCUT2D eigenvalue weighted by Crippen LogP contribution is 2.14. The molecule has 2 aromatic heterocycles. The first-order valence-electron chi connectivity index (χ1n) is 6.03. The highest BCUT2D eigenvalue weighted by molar-refractivity contribution is 5.50. The summed E-state index contributed by atoms with van der Waals surface area (Å²) >= 11 is 0. The van der Waals surface area contributed by atoms with E-state index in [2.05, 4.69) is 34.6 Å². The van der Waals surface area contributed by atoms with Crippen LogP contribution in [0, 0.1) is 0 Å². The summed E-state index contributed by atoms with van der Waals surface area (Å²) in [6, 6.07) is 6.72. The molecule has 0 radical (unpaired) electrons. The molecule has 0 fully saturated rings. The lowest BCUT2D eigenvalue weighted by Gasteiger charge is -2.18. The first-order valence-corrected chi connectivity index (χ1v) is 6.03. The van der Waals surface area contributed by atoms with Crippen LogP contribution >= 0.6 is 0 Å². The minimum atomic E-state index is 0.554. The summed E-state index contributed by atoms with van der Waals surface area (Å²) in [4.78, 5) is 4.28. The van der Waals surface area contributed by atoms with Crippen molar-refractivity contribution in [3.05, 3.63) is 30.6 Å². The average Bonchev–Trinajstić information content (AvgIpc) is 2.77. The van der Waals surface area contributed by atoms with E-state index in [1.165, 1.54) is 12.8 Å². The molecule has 1 atom stereocenters. The Morgan fingerprint density at radius 3 is 3.00 bits per heavy atom. The number of pyridine rings is 1. The van der Waals surface area contributed by atoms with Crippen molar-refractivity contribution in [2.24, 2.45) is 0 Å². The predicted molar refractivity (Wildman–Crippen MR) is 67.8 cm³/mol. The Hall–Kier alpha value is -1.51. The molecule has 2 aromatic rings. The fourth-order valence-electron chi connectivity index (χ4n) is 2.00. The first kappa shape index (κ1) is 11.0. The Morgan fingerprint density at radius 2 is 2.25 bits per heavy atom. The predicted octanol–water partition coefficient (Wildman–Crippen LogP) is 3.32. The van der Waals surface area contributed by atoms with Crippen LogP contribution in [0.3, 0.4) is 0 Å². The van der Waals surface area contributed by atoms with Crippen LogP contribution in [0.4, 0.5) is 5.82 Å². The van der Waals surface area contributed by atoms with Gasteiger partial charge < -0.3 is 5.32 Å². The second-order valence-electron chi connectivity index (χ2n) is 4.10. The molecule has 3 nitrogen and oxygen atoms in total. The van der Waals surface area contributed by atoms with E-state index in [0.717, 1.165) is 17.9 Å². The summed E-state index contributed by atoms with van der Waals surface area (Å²) in [5.41, 5.74) is 0.997.